The van der Waals surface area contributed by atoms with Gasteiger partial charge in [0.05, 0.1) is 21.2 Å². The average Bonchev–Trinajstić information content (AvgIpc) is 2.98. The van der Waals surface area contributed by atoms with Gasteiger partial charge in [-0.1, -0.05) is 32.0 Å². The number of hydrogen-bond acceptors (Lipinski definition) is 5. The van der Waals surface area contributed by atoms with E-state index in [4.69, 9.17) is 0 Å². The van der Waals surface area contributed by atoms with E-state index in [-0.39, 0.29) is 15.5 Å². The first kappa shape index (κ1) is 23.8. The molecule has 11 heteroatoms. The van der Waals surface area contributed by atoms with Crippen LogP contribution in [0.1, 0.15) is 19.5 Å². The first-order valence-electron chi connectivity index (χ1n) is 10.0. The second-order valence-electron chi connectivity index (χ2n) is 7.10. The number of nitrogens with one attached hydrogen (secondary N) is 1. The monoisotopic (exact) mass is 478 g/mol. The van der Waals surface area contributed by atoms with Gasteiger partial charge in [-0.15, -0.1) is 0 Å². The van der Waals surface area contributed by atoms with Gasteiger partial charge in [-0.25, -0.2) is 21.5 Å². The zero-order valence-electron chi connectivity index (χ0n) is 18.3. The molecule has 2 aromatic carbocycles. The van der Waals surface area contributed by atoms with Crippen LogP contribution in [0.2, 0.25) is 0 Å². The Labute approximate surface area is 188 Å². The van der Waals surface area contributed by atoms with E-state index in [2.05, 4.69) is 4.72 Å². The summed E-state index contributed by atoms with van der Waals surface area (Å²) >= 11 is 0. The zero-order valence-corrected chi connectivity index (χ0v) is 19.9. The molecule has 3 rings (SSSR count). The van der Waals surface area contributed by atoms with Crippen LogP contribution in [0.25, 0.3) is 5.69 Å². The largest absolute Gasteiger partial charge is 0.296 e. The third-order valence-electron chi connectivity index (χ3n) is 5.27. The second-order valence-corrected chi connectivity index (χ2v) is 10.7. The Balaban J connectivity index is 1.97. The maximum absolute atomic E-state index is 13.0. The summed E-state index contributed by atoms with van der Waals surface area (Å²) < 4.78 is 57.7. The lowest BCUT2D eigenvalue weighted by atomic mass is 10.3. The van der Waals surface area contributed by atoms with Gasteiger partial charge in [0.25, 0.3) is 15.6 Å². The van der Waals surface area contributed by atoms with Gasteiger partial charge in [-0.05, 0) is 43.3 Å². The van der Waals surface area contributed by atoms with Gasteiger partial charge in [0, 0.05) is 20.1 Å². The second kappa shape index (κ2) is 8.93. The van der Waals surface area contributed by atoms with Gasteiger partial charge in [0.2, 0.25) is 10.0 Å². The lowest BCUT2D eigenvalue weighted by molar-refractivity contribution is 0.445. The minimum Gasteiger partial charge on any atom is -0.283 e. The highest BCUT2D eigenvalue weighted by atomic mass is 32.2. The number of benzene rings is 2. The quantitative estimate of drug-likeness (QED) is 0.534. The van der Waals surface area contributed by atoms with Crippen molar-refractivity contribution in [2.45, 2.75) is 30.6 Å². The van der Waals surface area contributed by atoms with E-state index in [1.807, 2.05) is 6.07 Å². The number of anilines is 1. The molecule has 1 heterocycles. The Hall–Kier alpha value is -2.89. The van der Waals surface area contributed by atoms with E-state index >= 15 is 0 Å². The Kier molecular flexibility index (Phi) is 6.63. The number of nitrogens with zero attached hydrogens (tertiary/aromatic N) is 3. The van der Waals surface area contributed by atoms with Crippen LogP contribution < -0.4 is 10.3 Å². The van der Waals surface area contributed by atoms with E-state index in [1.54, 1.807) is 56.8 Å². The van der Waals surface area contributed by atoms with Crippen molar-refractivity contribution < 1.29 is 16.8 Å². The molecule has 1 N–H and O–H groups in total. The van der Waals surface area contributed by atoms with Gasteiger partial charge in [0.15, 0.2) is 0 Å². The fraction of sp³-hybridized carbons (Fsp3) is 0.286. The highest BCUT2D eigenvalue weighted by Gasteiger charge is 2.25. The van der Waals surface area contributed by atoms with Crippen LogP contribution in [0.15, 0.2) is 69.2 Å². The molecule has 0 bridgehead atoms. The number of aromatic nitrogens is 2. The molecule has 32 heavy (non-hydrogen) atoms. The van der Waals surface area contributed by atoms with Crippen LogP contribution in [0.5, 0.6) is 0 Å². The van der Waals surface area contributed by atoms with E-state index in [9.17, 15) is 21.6 Å². The van der Waals surface area contributed by atoms with Gasteiger partial charge < -0.3 is 0 Å². The molecule has 0 unspecified atom stereocenters. The summed E-state index contributed by atoms with van der Waals surface area (Å²) in [4.78, 5) is 12.8. The van der Waals surface area contributed by atoms with Crippen LogP contribution in [0.4, 0.5) is 5.69 Å². The van der Waals surface area contributed by atoms with Crippen LogP contribution in [-0.2, 0) is 27.1 Å². The third kappa shape index (κ3) is 4.23. The standard InChI is InChI=1S/C21H26N4O5S2/c1-5-24(6-2)32(29,30)19-14-12-18(13-15-19)31(27,28)22-20-16(3)23(4)25(21(20)26)17-10-8-7-9-11-17/h7-15,22H,5-6H2,1-4H3. The van der Waals surface area contributed by atoms with Crippen molar-refractivity contribution >= 4 is 25.7 Å². The Morgan fingerprint density at radius 2 is 1.41 bits per heavy atom. The molecule has 9 nitrogen and oxygen atoms in total. The number of sulfonamides is 2. The van der Waals surface area contributed by atoms with E-state index in [0.29, 0.717) is 24.5 Å². The van der Waals surface area contributed by atoms with Crippen molar-refractivity contribution in [3.63, 3.8) is 0 Å². The molecule has 172 valence electrons. The molecule has 0 amide bonds. The fourth-order valence-corrected chi connectivity index (χ4v) is 5.96. The summed E-state index contributed by atoms with van der Waals surface area (Å²) in [6.07, 6.45) is 0. The lowest BCUT2D eigenvalue weighted by Crippen LogP contribution is -2.30. The molecule has 3 aromatic rings. The highest BCUT2D eigenvalue weighted by molar-refractivity contribution is 7.92. The zero-order chi connectivity index (χ0) is 23.7. The molecule has 0 radical (unpaired) electrons. The summed E-state index contributed by atoms with van der Waals surface area (Å²) in [5.74, 6) is 0. The molecular formula is C21H26N4O5S2. The molecular weight excluding hydrogens is 452 g/mol. The summed E-state index contributed by atoms with van der Waals surface area (Å²) in [6.45, 7) is 5.71. The van der Waals surface area contributed by atoms with E-state index in [0.717, 1.165) is 0 Å². The highest BCUT2D eigenvalue weighted by Crippen LogP contribution is 2.21. The number of rotatable bonds is 8. The van der Waals surface area contributed by atoms with Crippen LogP contribution in [-0.4, -0.2) is 43.6 Å². The van der Waals surface area contributed by atoms with Gasteiger partial charge in [-0.3, -0.25) is 14.2 Å². The van der Waals surface area contributed by atoms with Crippen molar-refractivity contribution in [2.24, 2.45) is 7.05 Å². The van der Waals surface area contributed by atoms with Crippen LogP contribution in [0, 0.1) is 6.92 Å². The normalized spacial score (nSPS) is 12.3. The topological polar surface area (TPSA) is 110 Å². The van der Waals surface area contributed by atoms with Gasteiger partial charge in [-0.2, -0.15) is 4.31 Å². The van der Waals surface area contributed by atoms with Crippen LogP contribution in [0.3, 0.4) is 0 Å². The van der Waals surface area contributed by atoms with Crippen molar-refractivity contribution in [3.8, 4) is 5.69 Å². The van der Waals surface area contributed by atoms with Crippen LogP contribution >= 0.6 is 0 Å². The molecule has 0 spiro atoms. The minimum atomic E-state index is -4.12. The van der Waals surface area contributed by atoms with Gasteiger partial charge >= 0.3 is 0 Å². The van der Waals surface area contributed by atoms with Crippen molar-refractivity contribution in [2.75, 3.05) is 17.8 Å². The molecule has 0 saturated heterocycles. The molecule has 0 aliphatic heterocycles. The number of para-hydroxylation sites is 1. The fourth-order valence-electron chi connectivity index (χ4n) is 3.38. The Morgan fingerprint density at radius 3 is 1.94 bits per heavy atom. The smallest absolute Gasteiger partial charge is 0.283 e. The Bertz CT molecular complexity index is 1370. The predicted octanol–water partition coefficient (Wildman–Crippen LogP) is 2.32. The molecule has 0 atom stereocenters. The average molecular weight is 479 g/mol. The summed E-state index contributed by atoms with van der Waals surface area (Å²) in [6, 6.07) is 13.8. The van der Waals surface area contributed by atoms with Gasteiger partial charge in [0.1, 0.15) is 5.69 Å². The van der Waals surface area contributed by atoms with E-state index in [1.165, 1.54) is 33.3 Å². The van der Waals surface area contributed by atoms with Crippen molar-refractivity contribution in [1.82, 2.24) is 13.7 Å². The third-order valence-corrected chi connectivity index (χ3v) is 8.70. The number of hydrogen-bond donors (Lipinski definition) is 1. The molecule has 0 aliphatic carbocycles. The van der Waals surface area contributed by atoms with Crippen molar-refractivity contribution in [3.05, 3.63) is 70.6 Å². The summed E-state index contributed by atoms with van der Waals surface area (Å²) in [5.41, 5.74) is 0.444. The predicted molar refractivity (Wildman–Crippen MR) is 123 cm³/mol. The maximum Gasteiger partial charge on any atom is 0.296 e. The molecule has 0 aliphatic rings. The Morgan fingerprint density at radius 1 is 0.875 bits per heavy atom. The summed E-state index contributed by atoms with van der Waals surface area (Å²) in [5, 5.41) is 0. The summed E-state index contributed by atoms with van der Waals surface area (Å²) in [7, 11) is -6.17. The SMILES string of the molecule is CCN(CC)S(=O)(=O)c1ccc(S(=O)(=O)Nc2c(C)n(C)n(-c3ccccc3)c2=O)cc1. The van der Waals surface area contributed by atoms with Crippen molar-refractivity contribution in [1.29, 1.82) is 0 Å². The first-order valence-corrected chi connectivity index (χ1v) is 12.9. The molecule has 1 aromatic heterocycles. The maximum atomic E-state index is 13.0. The molecule has 0 fully saturated rings. The van der Waals surface area contributed by atoms with E-state index < -0.39 is 25.6 Å². The first-order chi connectivity index (χ1) is 15.0. The molecule has 0 saturated carbocycles. The minimum absolute atomic E-state index is 0.00229. The lowest BCUT2D eigenvalue weighted by Gasteiger charge is -2.18.